The zero-order valence-corrected chi connectivity index (χ0v) is 21.4. The van der Waals surface area contributed by atoms with Gasteiger partial charge in [-0.05, 0) is 69.9 Å². The molecule has 4 nitrogen and oxygen atoms in total. The van der Waals surface area contributed by atoms with Gasteiger partial charge in [-0.3, -0.25) is 4.98 Å². The van der Waals surface area contributed by atoms with E-state index in [-0.39, 0.29) is 5.75 Å². The number of rotatable bonds is 4. The number of imidazole rings is 1. The average Bonchev–Trinajstić information content (AvgIpc) is 3.33. The van der Waals surface area contributed by atoms with E-state index in [0.29, 0.717) is 5.56 Å². The molecule has 0 bridgehead atoms. The Morgan fingerprint density at radius 2 is 1.33 bits per heavy atom. The van der Waals surface area contributed by atoms with Crippen LogP contribution >= 0.6 is 0 Å². The first-order chi connectivity index (χ1) is 19.2. The number of pyridine rings is 1. The number of phenols is 1. The lowest BCUT2D eigenvalue weighted by Gasteiger charge is -2.09. The van der Waals surface area contributed by atoms with Crippen LogP contribution in [0.3, 0.4) is 0 Å². The van der Waals surface area contributed by atoms with Crippen LogP contribution in [0.4, 0.5) is 0 Å². The Labute approximate surface area is 226 Å². The molecule has 2 aromatic heterocycles. The molecular weight excluding hydrogens is 478 g/mol. The summed E-state index contributed by atoms with van der Waals surface area (Å²) < 4.78 is 2.03. The molecule has 0 aliphatic rings. The maximum absolute atomic E-state index is 10.5. The van der Waals surface area contributed by atoms with Crippen LogP contribution in [0.15, 0.2) is 128 Å². The van der Waals surface area contributed by atoms with E-state index in [1.165, 1.54) is 16.3 Å². The van der Waals surface area contributed by atoms with Gasteiger partial charge in [0.05, 0.1) is 22.3 Å². The van der Waals surface area contributed by atoms with E-state index in [1.807, 2.05) is 36.0 Å². The number of para-hydroxylation sites is 2. The Morgan fingerprint density at radius 3 is 2.23 bits per heavy atom. The summed E-state index contributed by atoms with van der Waals surface area (Å²) in [7, 11) is 1.99. The molecule has 7 aromatic rings. The third-order valence-corrected chi connectivity index (χ3v) is 7.37. The highest BCUT2D eigenvalue weighted by Crippen LogP contribution is 2.36. The molecule has 0 atom stereocenters. The van der Waals surface area contributed by atoms with Crippen molar-refractivity contribution in [3.05, 3.63) is 128 Å². The number of fused-ring (bicyclic) bond motifs is 2. The van der Waals surface area contributed by atoms with E-state index in [4.69, 9.17) is 9.97 Å². The van der Waals surface area contributed by atoms with Gasteiger partial charge in [0.15, 0.2) is 0 Å². The standard InChI is InChI=1S/C35H25N3O/c1-38-32-14-7-13-29(34(32)37-35(38)30-12-4-5-15-33(30)39)27-10-6-11-28(21-27)31-22-26(18-19-36-31)25-17-16-23-8-2-3-9-24(23)20-25/h2-22,39H,1H3. The normalized spacial score (nSPS) is 11.3. The predicted octanol–water partition coefficient (Wildman–Crippen LogP) is 8.50. The number of hydrogen-bond acceptors (Lipinski definition) is 3. The SMILES string of the molecule is Cn1c(-c2ccccc2O)nc2c(-c3cccc(-c4cc(-c5ccc6ccccc6c5)ccn4)c3)cccc21. The van der Waals surface area contributed by atoms with Crippen LogP contribution in [0.25, 0.3) is 66.7 Å². The van der Waals surface area contributed by atoms with Crippen molar-refractivity contribution in [1.82, 2.24) is 14.5 Å². The third-order valence-electron chi connectivity index (χ3n) is 7.37. The van der Waals surface area contributed by atoms with Gasteiger partial charge in [0, 0.05) is 24.4 Å². The molecule has 0 radical (unpaired) electrons. The van der Waals surface area contributed by atoms with Crippen molar-refractivity contribution in [1.29, 1.82) is 0 Å². The lowest BCUT2D eigenvalue weighted by Crippen LogP contribution is -1.92. The fourth-order valence-corrected chi connectivity index (χ4v) is 5.33. The third kappa shape index (κ3) is 4.03. The van der Waals surface area contributed by atoms with E-state index >= 15 is 0 Å². The number of aromatic nitrogens is 3. The van der Waals surface area contributed by atoms with Crippen LogP contribution in [0.5, 0.6) is 5.75 Å². The second-order valence-corrected chi connectivity index (χ2v) is 9.76. The number of hydrogen-bond donors (Lipinski definition) is 1. The van der Waals surface area contributed by atoms with Crippen molar-refractivity contribution < 1.29 is 5.11 Å². The molecule has 0 amide bonds. The summed E-state index contributed by atoms with van der Waals surface area (Å²) in [5.41, 5.74) is 9.00. The Kier molecular flexibility index (Phi) is 5.45. The average molecular weight is 504 g/mol. The van der Waals surface area contributed by atoms with Crippen molar-refractivity contribution in [2.24, 2.45) is 7.05 Å². The molecule has 0 aliphatic carbocycles. The molecule has 39 heavy (non-hydrogen) atoms. The molecule has 2 heterocycles. The van der Waals surface area contributed by atoms with Gasteiger partial charge in [-0.2, -0.15) is 0 Å². The van der Waals surface area contributed by atoms with Crippen LogP contribution < -0.4 is 0 Å². The Hall–Kier alpha value is -5.22. The van der Waals surface area contributed by atoms with Gasteiger partial charge < -0.3 is 9.67 Å². The summed E-state index contributed by atoms with van der Waals surface area (Å²) in [6.07, 6.45) is 1.88. The molecule has 0 fully saturated rings. The van der Waals surface area contributed by atoms with Crippen LogP contribution in [0, 0.1) is 0 Å². The van der Waals surface area contributed by atoms with Crippen molar-refractivity contribution in [2.45, 2.75) is 0 Å². The lowest BCUT2D eigenvalue weighted by atomic mass is 9.98. The first-order valence-corrected chi connectivity index (χ1v) is 13.0. The second-order valence-electron chi connectivity index (χ2n) is 9.76. The van der Waals surface area contributed by atoms with Crippen LogP contribution in [-0.2, 0) is 7.05 Å². The number of aryl methyl sites for hydroxylation is 1. The van der Waals surface area contributed by atoms with Crippen LogP contribution in [0.2, 0.25) is 0 Å². The number of aromatic hydroxyl groups is 1. The lowest BCUT2D eigenvalue weighted by molar-refractivity contribution is 0.476. The minimum Gasteiger partial charge on any atom is -0.507 e. The molecule has 7 rings (SSSR count). The highest BCUT2D eigenvalue weighted by Gasteiger charge is 2.16. The Morgan fingerprint density at radius 1 is 0.590 bits per heavy atom. The zero-order valence-electron chi connectivity index (χ0n) is 21.4. The Bertz CT molecular complexity index is 2000. The smallest absolute Gasteiger partial charge is 0.144 e. The van der Waals surface area contributed by atoms with Gasteiger partial charge in [0.2, 0.25) is 0 Å². The second kappa shape index (κ2) is 9.26. The van der Waals surface area contributed by atoms with E-state index in [9.17, 15) is 5.11 Å². The molecule has 5 aromatic carbocycles. The molecule has 186 valence electrons. The van der Waals surface area contributed by atoms with Crippen molar-refractivity contribution in [3.8, 4) is 50.6 Å². The van der Waals surface area contributed by atoms with Gasteiger partial charge in [-0.1, -0.05) is 78.9 Å². The van der Waals surface area contributed by atoms with Crippen molar-refractivity contribution in [3.63, 3.8) is 0 Å². The minimum absolute atomic E-state index is 0.219. The molecule has 0 spiro atoms. The fraction of sp³-hybridized carbons (Fsp3) is 0.0286. The molecule has 0 aliphatic heterocycles. The van der Waals surface area contributed by atoms with E-state index < -0.39 is 0 Å². The van der Waals surface area contributed by atoms with E-state index in [1.54, 1.807) is 6.07 Å². The first-order valence-electron chi connectivity index (χ1n) is 13.0. The van der Waals surface area contributed by atoms with Gasteiger partial charge in [0.1, 0.15) is 11.6 Å². The van der Waals surface area contributed by atoms with Gasteiger partial charge >= 0.3 is 0 Å². The highest BCUT2D eigenvalue weighted by molar-refractivity contribution is 5.95. The van der Waals surface area contributed by atoms with Crippen molar-refractivity contribution in [2.75, 3.05) is 0 Å². The largest absolute Gasteiger partial charge is 0.507 e. The number of phenolic OH excluding ortho intramolecular Hbond substituents is 1. The number of benzene rings is 5. The van der Waals surface area contributed by atoms with E-state index in [0.717, 1.165) is 44.8 Å². The predicted molar refractivity (Wildman–Crippen MR) is 159 cm³/mol. The molecule has 0 saturated carbocycles. The van der Waals surface area contributed by atoms with Gasteiger partial charge in [-0.25, -0.2) is 4.98 Å². The van der Waals surface area contributed by atoms with Gasteiger partial charge in [-0.15, -0.1) is 0 Å². The molecule has 0 unspecified atom stereocenters. The summed E-state index contributed by atoms with van der Waals surface area (Å²) >= 11 is 0. The summed E-state index contributed by atoms with van der Waals surface area (Å²) in [6.45, 7) is 0. The summed E-state index contributed by atoms with van der Waals surface area (Å²) in [5.74, 6) is 0.952. The number of nitrogens with zero attached hydrogens (tertiary/aromatic N) is 3. The molecule has 4 heteroatoms. The first kappa shape index (κ1) is 22.9. The molecular formula is C35H25N3O. The Balaban J connectivity index is 1.30. The summed E-state index contributed by atoms with van der Waals surface area (Å²) in [5, 5.41) is 12.9. The van der Waals surface area contributed by atoms with E-state index in [2.05, 4.69) is 97.1 Å². The highest BCUT2D eigenvalue weighted by atomic mass is 16.3. The molecule has 0 saturated heterocycles. The van der Waals surface area contributed by atoms with Crippen LogP contribution in [0.1, 0.15) is 0 Å². The zero-order chi connectivity index (χ0) is 26.3. The summed E-state index contributed by atoms with van der Waals surface area (Å²) in [4.78, 5) is 9.70. The van der Waals surface area contributed by atoms with Gasteiger partial charge in [0.25, 0.3) is 0 Å². The maximum atomic E-state index is 10.5. The topological polar surface area (TPSA) is 50.9 Å². The fourth-order valence-electron chi connectivity index (χ4n) is 5.33. The van der Waals surface area contributed by atoms with Crippen molar-refractivity contribution >= 4 is 21.8 Å². The summed E-state index contributed by atoms with van der Waals surface area (Å²) in [6, 6.07) is 41.2. The van der Waals surface area contributed by atoms with Crippen LogP contribution in [-0.4, -0.2) is 19.6 Å². The maximum Gasteiger partial charge on any atom is 0.144 e. The minimum atomic E-state index is 0.219. The quantitative estimate of drug-likeness (QED) is 0.262. The molecule has 1 N–H and O–H groups in total. The monoisotopic (exact) mass is 503 g/mol.